The molecule has 2 rings (SSSR count). The summed E-state index contributed by atoms with van der Waals surface area (Å²) < 4.78 is 11.9. The number of halogens is 1. The number of fused-ring (bicyclic) bond motifs is 1. The van der Waals surface area contributed by atoms with Crippen LogP contribution in [0.25, 0.3) is 11.1 Å². The van der Waals surface area contributed by atoms with Crippen molar-refractivity contribution >= 4 is 33.7 Å². The third-order valence-electron chi connectivity index (χ3n) is 2.58. The molecule has 1 aromatic carbocycles. The van der Waals surface area contributed by atoms with Crippen LogP contribution in [0.5, 0.6) is 5.75 Å². The molecule has 0 aliphatic rings. The Morgan fingerprint density at radius 2 is 2.19 bits per heavy atom. The van der Waals surface area contributed by atoms with Crippen LogP contribution in [-0.4, -0.2) is 11.6 Å². The van der Waals surface area contributed by atoms with Gasteiger partial charge in [-0.05, 0) is 37.5 Å². The number of aryl methyl sites for hydroxylation is 2. The molecule has 0 saturated carbocycles. The van der Waals surface area contributed by atoms with Gasteiger partial charge >= 0.3 is 0 Å². The van der Waals surface area contributed by atoms with Crippen LogP contribution in [0.3, 0.4) is 0 Å². The van der Waals surface area contributed by atoms with Crippen LogP contribution < -0.4 is 4.74 Å². The lowest BCUT2D eigenvalue weighted by Gasteiger charge is -2.07. The molecule has 0 aliphatic heterocycles. The van der Waals surface area contributed by atoms with Gasteiger partial charge in [0.15, 0.2) is 11.3 Å². The molecule has 0 bridgehead atoms. The van der Waals surface area contributed by atoms with Gasteiger partial charge in [0.1, 0.15) is 5.52 Å². The molecule has 0 radical (unpaired) electrons. The smallest absolute Gasteiger partial charge is 0.258 e. The molecule has 4 heteroatoms. The number of ether oxygens (including phenoxy) is 1. The maximum atomic E-state index is 5.68. The molecule has 0 spiro atoms. The second-order valence-corrected chi connectivity index (χ2v) is 4.73. The van der Waals surface area contributed by atoms with Gasteiger partial charge in [0, 0.05) is 22.6 Å². The molecular weight excluding hydrogens is 317 g/mol. The third-order valence-corrected chi connectivity index (χ3v) is 3.04. The standard InChI is InChI=1S/C12H14INO2/c1-4-5-15-9-6-7(2)8(3)10-11(9)16-12(13)14-10/h6H,4-5H2,1-3H3. The molecule has 16 heavy (non-hydrogen) atoms. The minimum Gasteiger partial charge on any atom is -0.490 e. The summed E-state index contributed by atoms with van der Waals surface area (Å²) in [5, 5.41) is 0. The fourth-order valence-corrected chi connectivity index (χ4v) is 2.05. The monoisotopic (exact) mass is 331 g/mol. The van der Waals surface area contributed by atoms with Crippen molar-refractivity contribution in [2.24, 2.45) is 0 Å². The van der Waals surface area contributed by atoms with Gasteiger partial charge in [-0.2, -0.15) is 0 Å². The number of rotatable bonds is 3. The van der Waals surface area contributed by atoms with Crippen molar-refractivity contribution in [2.45, 2.75) is 27.2 Å². The zero-order valence-corrected chi connectivity index (χ0v) is 11.8. The average molecular weight is 331 g/mol. The molecule has 2 aromatic rings. The Kier molecular flexibility index (Phi) is 3.37. The van der Waals surface area contributed by atoms with Crippen LogP contribution in [0.4, 0.5) is 0 Å². The molecule has 0 saturated heterocycles. The maximum absolute atomic E-state index is 5.68. The summed E-state index contributed by atoms with van der Waals surface area (Å²) in [5.41, 5.74) is 4.02. The summed E-state index contributed by atoms with van der Waals surface area (Å²) in [4.78, 5) is 4.38. The summed E-state index contributed by atoms with van der Waals surface area (Å²) in [7, 11) is 0. The quantitative estimate of drug-likeness (QED) is 0.802. The fourth-order valence-electron chi connectivity index (χ4n) is 1.59. The van der Waals surface area contributed by atoms with Crippen molar-refractivity contribution < 1.29 is 9.15 Å². The first-order valence-electron chi connectivity index (χ1n) is 5.32. The van der Waals surface area contributed by atoms with Crippen LogP contribution in [0.15, 0.2) is 10.5 Å². The first-order chi connectivity index (χ1) is 7.63. The molecule has 0 N–H and O–H groups in total. The normalized spacial score (nSPS) is 11.0. The molecule has 1 heterocycles. The van der Waals surface area contributed by atoms with Gasteiger partial charge in [-0.1, -0.05) is 6.92 Å². The van der Waals surface area contributed by atoms with Gasteiger partial charge in [-0.25, -0.2) is 4.98 Å². The van der Waals surface area contributed by atoms with Crippen molar-refractivity contribution in [1.29, 1.82) is 0 Å². The largest absolute Gasteiger partial charge is 0.490 e. The topological polar surface area (TPSA) is 35.3 Å². The molecular formula is C12H14INO2. The van der Waals surface area contributed by atoms with E-state index in [1.807, 2.05) is 6.07 Å². The van der Waals surface area contributed by atoms with Crippen molar-refractivity contribution in [1.82, 2.24) is 4.98 Å². The highest BCUT2D eigenvalue weighted by molar-refractivity contribution is 14.1. The van der Waals surface area contributed by atoms with Gasteiger partial charge < -0.3 is 9.15 Å². The van der Waals surface area contributed by atoms with Crippen LogP contribution in [0.2, 0.25) is 0 Å². The zero-order valence-electron chi connectivity index (χ0n) is 9.63. The van der Waals surface area contributed by atoms with Crippen LogP contribution in [0, 0.1) is 17.7 Å². The van der Waals surface area contributed by atoms with E-state index < -0.39 is 0 Å². The lowest BCUT2D eigenvalue weighted by atomic mass is 10.1. The predicted molar refractivity (Wildman–Crippen MR) is 72.0 cm³/mol. The average Bonchev–Trinajstić information content (AvgIpc) is 2.64. The van der Waals surface area contributed by atoms with Gasteiger partial charge in [0.05, 0.1) is 6.61 Å². The number of hydrogen-bond acceptors (Lipinski definition) is 3. The second kappa shape index (κ2) is 4.61. The lowest BCUT2D eigenvalue weighted by molar-refractivity contribution is 0.315. The predicted octanol–water partition coefficient (Wildman–Crippen LogP) is 3.84. The highest BCUT2D eigenvalue weighted by atomic mass is 127. The molecule has 3 nitrogen and oxygen atoms in total. The first-order valence-corrected chi connectivity index (χ1v) is 6.40. The number of oxazole rings is 1. The lowest BCUT2D eigenvalue weighted by Crippen LogP contribution is -1.96. The minimum absolute atomic E-state index is 0.655. The van der Waals surface area contributed by atoms with E-state index in [0.29, 0.717) is 10.5 Å². The van der Waals surface area contributed by atoms with Gasteiger partial charge in [-0.15, -0.1) is 0 Å². The highest BCUT2D eigenvalue weighted by Crippen LogP contribution is 2.32. The van der Waals surface area contributed by atoms with E-state index in [9.17, 15) is 0 Å². The van der Waals surface area contributed by atoms with Crippen molar-refractivity contribution in [3.05, 3.63) is 21.1 Å². The van der Waals surface area contributed by atoms with E-state index in [1.54, 1.807) is 0 Å². The van der Waals surface area contributed by atoms with E-state index in [2.05, 4.69) is 48.3 Å². The zero-order chi connectivity index (χ0) is 11.7. The Balaban J connectivity index is 2.59. The van der Waals surface area contributed by atoms with Crippen molar-refractivity contribution in [3.8, 4) is 5.75 Å². The van der Waals surface area contributed by atoms with Crippen LogP contribution in [0.1, 0.15) is 24.5 Å². The summed E-state index contributed by atoms with van der Waals surface area (Å²) in [6, 6.07) is 2.02. The molecule has 0 aliphatic carbocycles. The van der Waals surface area contributed by atoms with E-state index in [1.165, 1.54) is 5.56 Å². The number of aromatic nitrogens is 1. The molecule has 1 aromatic heterocycles. The van der Waals surface area contributed by atoms with E-state index in [-0.39, 0.29) is 0 Å². The summed E-state index contributed by atoms with van der Waals surface area (Å²) in [6.45, 7) is 6.91. The van der Waals surface area contributed by atoms with E-state index in [4.69, 9.17) is 9.15 Å². The molecule has 0 fully saturated rings. The second-order valence-electron chi connectivity index (χ2n) is 3.81. The highest BCUT2D eigenvalue weighted by Gasteiger charge is 2.14. The summed E-state index contributed by atoms with van der Waals surface area (Å²) >= 11 is 2.08. The van der Waals surface area contributed by atoms with E-state index >= 15 is 0 Å². The Labute approximate surface area is 108 Å². The number of nitrogens with zero attached hydrogens (tertiary/aromatic N) is 1. The molecule has 86 valence electrons. The Morgan fingerprint density at radius 1 is 1.44 bits per heavy atom. The molecule has 0 unspecified atom stereocenters. The molecule has 0 amide bonds. The first kappa shape index (κ1) is 11.7. The van der Waals surface area contributed by atoms with Gasteiger partial charge in [-0.3, -0.25) is 0 Å². The SMILES string of the molecule is CCCOc1cc(C)c(C)c2nc(I)oc12. The summed E-state index contributed by atoms with van der Waals surface area (Å²) in [5.74, 6) is 0.801. The summed E-state index contributed by atoms with van der Waals surface area (Å²) in [6.07, 6.45) is 0.986. The maximum Gasteiger partial charge on any atom is 0.258 e. The van der Waals surface area contributed by atoms with Crippen molar-refractivity contribution in [3.63, 3.8) is 0 Å². The Hall–Kier alpha value is -0.780. The van der Waals surface area contributed by atoms with Crippen LogP contribution >= 0.6 is 22.6 Å². The van der Waals surface area contributed by atoms with Gasteiger partial charge in [0.2, 0.25) is 0 Å². The number of hydrogen-bond donors (Lipinski definition) is 0. The molecule has 0 atom stereocenters. The third kappa shape index (κ3) is 2.03. The van der Waals surface area contributed by atoms with Crippen LogP contribution in [-0.2, 0) is 0 Å². The van der Waals surface area contributed by atoms with Crippen molar-refractivity contribution in [2.75, 3.05) is 6.61 Å². The van der Waals surface area contributed by atoms with E-state index in [0.717, 1.165) is 28.8 Å². The number of benzene rings is 1. The van der Waals surface area contributed by atoms with Gasteiger partial charge in [0.25, 0.3) is 3.90 Å². The fraction of sp³-hybridized carbons (Fsp3) is 0.417. The Morgan fingerprint density at radius 3 is 2.88 bits per heavy atom. The Bertz CT molecular complexity index is 519. The minimum atomic E-state index is 0.655.